The number of benzene rings is 2. The number of hydrogen-bond acceptors (Lipinski definition) is 7. The number of hydrogen-bond donors (Lipinski definition) is 2. The molecule has 3 aromatic rings. The summed E-state index contributed by atoms with van der Waals surface area (Å²) in [5.74, 6) is -0.435. The molecule has 1 aliphatic carbocycles. The van der Waals surface area contributed by atoms with Gasteiger partial charge in [0.15, 0.2) is 15.7 Å². The summed E-state index contributed by atoms with van der Waals surface area (Å²) >= 11 is 6.10. The first-order valence-corrected chi connectivity index (χ1v) is 15.1. The highest BCUT2D eigenvalue weighted by Crippen LogP contribution is 2.46. The highest BCUT2D eigenvalue weighted by atomic mass is 35.5. The van der Waals surface area contributed by atoms with Crippen LogP contribution in [0.3, 0.4) is 0 Å². The molecule has 7 rings (SSSR count). The van der Waals surface area contributed by atoms with Gasteiger partial charge in [0.05, 0.1) is 23.6 Å². The number of carbonyl (C=O) groups is 1. The standard InChI is InChI=1S/C28H28ClFN4O4S/c29-19-7-4-17(5-8-19)21-14-20-9-6-18(21)15-34(20)28-32-24-2-1-11-39(37,38)26(24)27(33-28)31-23-10-3-16(12-22(23)30)13-25(35)36/h3-5,7-8,10,12,18,20-21H,1-2,6,9,11,13-15H2,(H,35,36)(H,31,32,33). The van der Waals surface area contributed by atoms with Gasteiger partial charge in [-0.3, -0.25) is 4.79 Å². The number of sulfone groups is 1. The van der Waals surface area contributed by atoms with Crippen molar-refractivity contribution >= 4 is 44.9 Å². The van der Waals surface area contributed by atoms with Crippen molar-refractivity contribution in [2.75, 3.05) is 22.5 Å². The van der Waals surface area contributed by atoms with Crippen molar-refractivity contribution in [1.29, 1.82) is 0 Å². The zero-order chi connectivity index (χ0) is 27.3. The molecule has 4 heterocycles. The van der Waals surface area contributed by atoms with Crippen LogP contribution in [0.4, 0.5) is 21.8 Å². The van der Waals surface area contributed by atoms with Crippen LogP contribution in [0.1, 0.15) is 48.4 Å². The molecule has 0 amide bonds. The van der Waals surface area contributed by atoms with Crippen LogP contribution in [-0.2, 0) is 27.5 Å². The maximum Gasteiger partial charge on any atom is 0.307 e. The van der Waals surface area contributed by atoms with Gasteiger partial charge in [0.25, 0.3) is 0 Å². The Labute approximate surface area is 231 Å². The van der Waals surface area contributed by atoms with Crippen molar-refractivity contribution in [3.8, 4) is 0 Å². The SMILES string of the molecule is O=C(O)Cc1ccc(Nc2nc(N3CC4CCC3CC4c3ccc(Cl)cc3)nc3c2S(=O)(=O)CCC3)c(F)c1. The number of carboxylic acids is 1. The number of aryl methyl sites for hydroxylation is 1. The number of aromatic nitrogens is 2. The topological polar surface area (TPSA) is 112 Å². The van der Waals surface area contributed by atoms with E-state index in [0.717, 1.165) is 31.9 Å². The summed E-state index contributed by atoms with van der Waals surface area (Å²) in [6, 6.07) is 12.3. The second-order valence-corrected chi connectivity index (χ2v) is 13.1. The van der Waals surface area contributed by atoms with Crippen molar-refractivity contribution < 1.29 is 22.7 Å². The van der Waals surface area contributed by atoms with Crippen molar-refractivity contribution in [1.82, 2.24) is 9.97 Å². The molecule has 1 saturated carbocycles. The van der Waals surface area contributed by atoms with E-state index in [2.05, 4.69) is 27.3 Å². The average molecular weight is 571 g/mol. The molecule has 0 spiro atoms. The summed E-state index contributed by atoms with van der Waals surface area (Å²) < 4.78 is 41.1. The molecule has 3 aliphatic heterocycles. The molecule has 2 bridgehead atoms. The Balaban J connectivity index is 1.34. The lowest BCUT2D eigenvalue weighted by Gasteiger charge is -2.50. The van der Waals surface area contributed by atoms with Gasteiger partial charge in [-0.05, 0) is 79.3 Å². The highest BCUT2D eigenvalue weighted by molar-refractivity contribution is 7.91. The van der Waals surface area contributed by atoms with E-state index in [4.69, 9.17) is 21.7 Å². The maximum absolute atomic E-state index is 15.0. The Morgan fingerprint density at radius 2 is 1.95 bits per heavy atom. The molecule has 1 aromatic heterocycles. The third kappa shape index (κ3) is 5.07. The van der Waals surface area contributed by atoms with Crippen LogP contribution < -0.4 is 10.2 Å². The fourth-order valence-electron chi connectivity index (χ4n) is 6.27. The molecule has 3 unspecified atom stereocenters. The molecule has 3 atom stereocenters. The predicted octanol–water partition coefficient (Wildman–Crippen LogP) is 5.13. The van der Waals surface area contributed by atoms with E-state index in [-0.39, 0.29) is 34.6 Å². The van der Waals surface area contributed by atoms with Crippen molar-refractivity contribution in [2.45, 2.75) is 55.4 Å². The minimum Gasteiger partial charge on any atom is -0.481 e. The molecule has 8 nitrogen and oxygen atoms in total. The fourth-order valence-corrected chi connectivity index (χ4v) is 8.03. The van der Waals surface area contributed by atoms with Gasteiger partial charge in [-0.25, -0.2) is 17.8 Å². The lowest BCUT2D eigenvalue weighted by Crippen LogP contribution is -2.52. The summed E-state index contributed by atoms with van der Waals surface area (Å²) in [7, 11) is -3.65. The molecule has 3 fully saturated rings. The van der Waals surface area contributed by atoms with Gasteiger partial charge in [-0.15, -0.1) is 0 Å². The second-order valence-electron chi connectivity index (χ2n) is 10.6. The molecule has 4 aliphatic rings. The third-order valence-electron chi connectivity index (χ3n) is 8.10. The zero-order valence-electron chi connectivity index (χ0n) is 21.1. The highest BCUT2D eigenvalue weighted by Gasteiger charge is 2.43. The second kappa shape index (κ2) is 10.1. The van der Waals surface area contributed by atoms with Gasteiger partial charge in [0.2, 0.25) is 5.95 Å². The number of carboxylic acid groups (broad SMARTS) is 1. The van der Waals surface area contributed by atoms with E-state index in [0.29, 0.717) is 46.9 Å². The lowest BCUT2D eigenvalue weighted by molar-refractivity contribution is -0.136. The number of nitrogens with zero attached hydrogens (tertiary/aromatic N) is 3. The number of halogens is 2. The Morgan fingerprint density at radius 1 is 1.15 bits per heavy atom. The normalized spacial score (nSPS) is 23.3. The van der Waals surface area contributed by atoms with Gasteiger partial charge >= 0.3 is 5.97 Å². The molecule has 11 heteroatoms. The predicted molar refractivity (Wildman–Crippen MR) is 146 cm³/mol. The summed E-state index contributed by atoms with van der Waals surface area (Å²) in [6.45, 7) is 0.751. The van der Waals surface area contributed by atoms with Crippen LogP contribution >= 0.6 is 11.6 Å². The third-order valence-corrected chi connectivity index (χ3v) is 10.2. The van der Waals surface area contributed by atoms with E-state index in [1.807, 2.05) is 12.1 Å². The van der Waals surface area contributed by atoms with Crippen LogP contribution in [0.2, 0.25) is 5.02 Å². The summed E-state index contributed by atoms with van der Waals surface area (Å²) in [4.78, 5) is 22.7. The first-order chi connectivity index (χ1) is 18.7. The minimum atomic E-state index is -3.65. The Hall–Kier alpha value is -3.24. The Kier molecular flexibility index (Phi) is 6.71. The number of anilines is 3. The molecule has 2 aromatic carbocycles. The molecule has 204 valence electrons. The van der Waals surface area contributed by atoms with Gasteiger partial charge in [-0.1, -0.05) is 29.8 Å². The molecule has 2 N–H and O–H groups in total. The first kappa shape index (κ1) is 26.0. The molecule has 39 heavy (non-hydrogen) atoms. The number of fused-ring (bicyclic) bond motifs is 4. The van der Waals surface area contributed by atoms with Gasteiger partial charge < -0.3 is 15.3 Å². The van der Waals surface area contributed by atoms with E-state index in [1.165, 1.54) is 17.7 Å². The van der Waals surface area contributed by atoms with Crippen molar-refractivity contribution in [3.63, 3.8) is 0 Å². The van der Waals surface area contributed by atoms with E-state index >= 15 is 0 Å². The maximum atomic E-state index is 15.0. The van der Waals surface area contributed by atoms with Crippen LogP contribution in [0, 0.1) is 11.7 Å². The van der Waals surface area contributed by atoms with Crippen LogP contribution in [-0.4, -0.2) is 47.8 Å². The number of rotatable bonds is 6. The Morgan fingerprint density at radius 3 is 2.64 bits per heavy atom. The van der Waals surface area contributed by atoms with Crippen LogP contribution in [0.25, 0.3) is 0 Å². The van der Waals surface area contributed by atoms with Crippen LogP contribution in [0.5, 0.6) is 0 Å². The summed E-state index contributed by atoms with van der Waals surface area (Å²) in [5, 5.41) is 12.6. The Bertz CT molecular complexity index is 1550. The van der Waals surface area contributed by atoms with E-state index in [1.54, 1.807) is 0 Å². The number of nitrogens with one attached hydrogen (secondary N) is 1. The number of piperidine rings is 2. The average Bonchev–Trinajstić information content (AvgIpc) is 2.90. The summed E-state index contributed by atoms with van der Waals surface area (Å²) in [5.41, 5.74) is 2.06. The monoisotopic (exact) mass is 570 g/mol. The molecule has 0 radical (unpaired) electrons. The first-order valence-electron chi connectivity index (χ1n) is 13.1. The van der Waals surface area contributed by atoms with Crippen LogP contribution in [0.15, 0.2) is 47.4 Å². The minimum absolute atomic E-state index is 0.0192. The number of aliphatic carboxylic acids is 1. The van der Waals surface area contributed by atoms with Crippen molar-refractivity contribution in [2.24, 2.45) is 5.92 Å². The molecule has 2 saturated heterocycles. The fraction of sp³-hybridized carbons (Fsp3) is 0.393. The van der Waals surface area contributed by atoms with E-state index in [9.17, 15) is 17.6 Å². The smallest absolute Gasteiger partial charge is 0.307 e. The zero-order valence-corrected chi connectivity index (χ0v) is 22.7. The quantitative estimate of drug-likeness (QED) is 0.419. The summed E-state index contributed by atoms with van der Waals surface area (Å²) in [6.07, 6.45) is 3.67. The van der Waals surface area contributed by atoms with Gasteiger partial charge in [0, 0.05) is 17.6 Å². The van der Waals surface area contributed by atoms with Gasteiger partial charge in [-0.2, -0.15) is 4.98 Å². The van der Waals surface area contributed by atoms with E-state index < -0.39 is 21.6 Å². The largest absolute Gasteiger partial charge is 0.481 e. The van der Waals surface area contributed by atoms with Gasteiger partial charge in [0.1, 0.15) is 10.7 Å². The lowest BCUT2D eigenvalue weighted by atomic mass is 9.69. The van der Waals surface area contributed by atoms with Crippen molar-refractivity contribution in [3.05, 3.63) is 70.1 Å². The molecular formula is C28H28ClFN4O4S. The molecular weight excluding hydrogens is 543 g/mol.